The first-order valence-corrected chi connectivity index (χ1v) is 8.64. The molecule has 0 radical (unpaired) electrons. The summed E-state index contributed by atoms with van der Waals surface area (Å²) in [6.07, 6.45) is 3.01. The molecule has 3 N–H and O–H groups in total. The molecule has 0 aliphatic carbocycles. The lowest BCUT2D eigenvalue weighted by atomic mass is 10.1. The van der Waals surface area contributed by atoms with Gasteiger partial charge in [0, 0.05) is 24.3 Å². The highest BCUT2D eigenvalue weighted by atomic mass is 16.2. The molecule has 0 saturated carbocycles. The van der Waals surface area contributed by atoms with Crippen molar-refractivity contribution in [1.29, 1.82) is 0 Å². The Bertz CT molecular complexity index is 746. The Morgan fingerprint density at radius 2 is 1.92 bits per heavy atom. The number of piperidine rings is 1. The van der Waals surface area contributed by atoms with Gasteiger partial charge in [0.1, 0.15) is 0 Å². The van der Waals surface area contributed by atoms with E-state index >= 15 is 0 Å². The smallest absolute Gasteiger partial charge is 0.241 e. The molecule has 5 nitrogen and oxygen atoms in total. The summed E-state index contributed by atoms with van der Waals surface area (Å²) in [4.78, 5) is 26.2. The molecule has 0 aromatic heterocycles. The first-order valence-electron chi connectivity index (χ1n) is 8.64. The summed E-state index contributed by atoms with van der Waals surface area (Å²) in [6.45, 7) is 0.726. The van der Waals surface area contributed by atoms with Crippen LogP contribution in [0.2, 0.25) is 0 Å². The number of rotatable bonds is 5. The van der Waals surface area contributed by atoms with Gasteiger partial charge in [0.2, 0.25) is 11.8 Å². The number of amides is 2. The monoisotopic (exact) mass is 337 g/mol. The van der Waals surface area contributed by atoms with Crippen molar-refractivity contribution in [2.45, 2.75) is 31.7 Å². The summed E-state index contributed by atoms with van der Waals surface area (Å²) in [6, 6.07) is 16.5. The maximum absolute atomic E-state index is 12.4. The van der Waals surface area contributed by atoms with Crippen LogP contribution < -0.4 is 16.0 Å². The largest absolute Gasteiger partial charge is 0.325 e. The van der Waals surface area contributed by atoms with Crippen LogP contribution in [0.15, 0.2) is 54.6 Å². The van der Waals surface area contributed by atoms with Crippen molar-refractivity contribution in [3.8, 4) is 0 Å². The topological polar surface area (TPSA) is 75.4 Å². The summed E-state index contributed by atoms with van der Waals surface area (Å²) in [7, 11) is 0. The third-order valence-corrected chi connectivity index (χ3v) is 4.38. The van der Waals surface area contributed by atoms with Gasteiger partial charge in [-0.1, -0.05) is 36.4 Å². The van der Waals surface area contributed by atoms with Crippen molar-refractivity contribution < 1.29 is 9.59 Å². The Labute approximate surface area is 147 Å². The zero-order valence-corrected chi connectivity index (χ0v) is 14.2. The Balaban J connectivity index is 1.65. The van der Waals surface area contributed by atoms with Gasteiger partial charge in [-0.25, -0.2) is 0 Å². The quantitative estimate of drug-likeness (QED) is 0.881. The van der Waals surface area contributed by atoms with Crippen molar-refractivity contribution in [3.63, 3.8) is 0 Å². The molecule has 1 aliphatic rings. The standard InChI is InChI=1S/C20H23N3O2/c21-18(13-15-7-2-1-3-8-15)20(25)22-16-9-6-10-17(14-16)23-12-5-4-11-19(23)24/h1-3,6-10,14,18H,4-5,11-13,21H2,(H,22,25). The minimum Gasteiger partial charge on any atom is -0.325 e. The van der Waals surface area contributed by atoms with E-state index in [1.54, 1.807) is 4.90 Å². The van der Waals surface area contributed by atoms with Gasteiger partial charge in [-0.05, 0) is 43.0 Å². The van der Waals surface area contributed by atoms with E-state index in [1.165, 1.54) is 0 Å². The summed E-state index contributed by atoms with van der Waals surface area (Å²) < 4.78 is 0. The van der Waals surface area contributed by atoms with Crippen LogP contribution in [0.5, 0.6) is 0 Å². The molecule has 2 amide bonds. The van der Waals surface area contributed by atoms with Gasteiger partial charge in [-0.3, -0.25) is 9.59 Å². The van der Waals surface area contributed by atoms with Gasteiger partial charge in [0.05, 0.1) is 6.04 Å². The minimum atomic E-state index is -0.623. The lowest BCUT2D eigenvalue weighted by Crippen LogP contribution is -2.37. The van der Waals surface area contributed by atoms with Gasteiger partial charge in [0.15, 0.2) is 0 Å². The maximum atomic E-state index is 12.4. The molecule has 1 saturated heterocycles. The first-order chi connectivity index (χ1) is 12.1. The second-order valence-electron chi connectivity index (χ2n) is 6.34. The zero-order chi connectivity index (χ0) is 17.6. The van der Waals surface area contributed by atoms with E-state index in [2.05, 4.69) is 5.32 Å². The average Bonchev–Trinajstić information content (AvgIpc) is 2.63. The summed E-state index contributed by atoms with van der Waals surface area (Å²) in [5.74, 6) is -0.0959. The SMILES string of the molecule is NC(Cc1ccccc1)C(=O)Nc1cccc(N2CCCCC2=O)c1. The Hall–Kier alpha value is -2.66. The maximum Gasteiger partial charge on any atom is 0.241 e. The van der Waals surface area contributed by atoms with Crippen molar-refractivity contribution in [1.82, 2.24) is 0 Å². The Morgan fingerprint density at radius 3 is 2.68 bits per heavy atom. The molecule has 3 rings (SSSR count). The number of hydrogen-bond donors (Lipinski definition) is 2. The Kier molecular flexibility index (Phi) is 5.46. The predicted octanol–water partition coefficient (Wildman–Crippen LogP) is 2.71. The molecular formula is C20H23N3O2. The molecule has 2 aromatic carbocycles. The summed E-state index contributed by atoms with van der Waals surface area (Å²) >= 11 is 0. The van der Waals surface area contributed by atoms with Gasteiger partial charge in [-0.2, -0.15) is 0 Å². The second kappa shape index (κ2) is 7.94. The lowest BCUT2D eigenvalue weighted by Gasteiger charge is -2.27. The van der Waals surface area contributed by atoms with E-state index in [0.717, 1.165) is 30.6 Å². The van der Waals surface area contributed by atoms with E-state index in [-0.39, 0.29) is 11.8 Å². The number of nitrogens with zero attached hydrogens (tertiary/aromatic N) is 1. The van der Waals surface area contributed by atoms with Crippen molar-refractivity contribution in [2.75, 3.05) is 16.8 Å². The minimum absolute atomic E-state index is 0.135. The molecule has 1 heterocycles. The number of carbonyl (C=O) groups is 2. The fraction of sp³-hybridized carbons (Fsp3) is 0.300. The number of benzene rings is 2. The highest BCUT2D eigenvalue weighted by molar-refractivity contribution is 5.97. The van der Waals surface area contributed by atoms with Gasteiger partial charge in [0.25, 0.3) is 0 Å². The highest BCUT2D eigenvalue weighted by Crippen LogP contribution is 2.24. The summed E-state index contributed by atoms with van der Waals surface area (Å²) in [5, 5.41) is 2.85. The molecule has 1 fully saturated rings. The first kappa shape index (κ1) is 17.2. The number of nitrogens with one attached hydrogen (secondary N) is 1. The average molecular weight is 337 g/mol. The number of anilines is 2. The highest BCUT2D eigenvalue weighted by Gasteiger charge is 2.20. The van der Waals surface area contributed by atoms with Crippen LogP contribution in [0.25, 0.3) is 0 Å². The van der Waals surface area contributed by atoms with Crippen molar-refractivity contribution in [2.24, 2.45) is 5.73 Å². The molecule has 1 unspecified atom stereocenters. The normalized spacial score (nSPS) is 15.7. The van der Waals surface area contributed by atoms with Crippen LogP contribution in [-0.4, -0.2) is 24.4 Å². The van der Waals surface area contributed by atoms with Crippen LogP contribution in [0.1, 0.15) is 24.8 Å². The van der Waals surface area contributed by atoms with Crippen LogP contribution in [0.3, 0.4) is 0 Å². The third kappa shape index (κ3) is 4.45. The molecule has 25 heavy (non-hydrogen) atoms. The number of hydrogen-bond acceptors (Lipinski definition) is 3. The van der Waals surface area contributed by atoms with Crippen LogP contribution in [0, 0.1) is 0 Å². The van der Waals surface area contributed by atoms with Crippen LogP contribution in [-0.2, 0) is 16.0 Å². The number of carbonyl (C=O) groups excluding carboxylic acids is 2. The second-order valence-corrected chi connectivity index (χ2v) is 6.34. The van der Waals surface area contributed by atoms with E-state index in [4.69, 9.17) is 5.73 Å². The Morgan fingerprint density at radius 1 is 1.12 bits per heavy atom. The van der Waals surface area contributed by atoms with Gasteiger partial charge < -0.3 is 16.0 Å². The predicted molar refractivity (Wildman–Crippen MR) is 99.4 cm³/mol. The molecular weight excluding hydrogens is 314 g/mol. The van der Waals surface area contributed by atoms with E-state index in [1.807, 2.05) is 54.6 Å². The van der Waals surface area contributed by atoms with E-state index < -0.39 is 6.04 Å². The van der Waals surface area contributed by atoms with E-state index in [0.29, 0.717) is 18.5 Å². The lowest BCUT2D eigenvalue weighted by molar-refractivity contribution is -0.119. The molecule has 1 aliphatic heterocycles. The van der Waals surface area contributed by atoms with Crippen LogP contribution >= 0.6 is 0 Å². The molecule has 5 heteroatoms. The molecule has 1 atom stereocenters. The van der Waals surface area contributed by atoms with E-state index in [9.17, 15) is 9.59 Å². The molecule has 130 valence electrons. The van der Waals surface area contributed by atoms with Crippen molar-refractivity contribution in [3.05, 3.63) is 60.2 Å². The fourth-order valence-corrected chi connectivity index (χ4v) is 3.03. The molecule has 2 aromatic rings. The van der Waals surface area contributed by atoms with Gasteiger partial charge >= 0.3 is 0 Å². The van der Waals surface area contributed by atoms with Gasteiger partial charge in [-0.15, -0.1) is 0 Å². The van der Waals surface area contributed by atoms with Crippen LogP contribution in [0.4, 0.5) is 11.4 Å². The summed E-state index contributed by atoms with van der Waals surface area (Å²) in [5.41, 5.74) is 8.52. The third-order valence-electron chi connectivity index (χ3n) is 4.38. The molecule has 0 bridgehead atoms. The molecule has 0 spiro atoms. The zero-order valence-electron chi connectivity index (χ0n) is 14.2. The fourth-order valence-electron chi connectivity index (χ4n) is 3.03. The van der Waals surface area contributed by atoms with Crippen molar-refractivity contribution >= 4 is 23.2 Å². The number of nitrogens with two attached hydrogens (primary N) is 1.